The molecule has 3 amide bonds. The summed E-state index contributed by atoms with van der Waals surface area (Å²) in [5.41, 5.74) is 2.32. The number of carbonyl (C=O) groups is 3. The van der Waals surface area contributed by atoms with Gasteiger partial charge in [0.05, 0.1) is 17.7 Å². The maximum atomic E-state index is 12.5. The molecule has 3 aromatic rings. The third kappa shape index (κ3) is 3.64. The molecule has 0 aliphatic carbocycles. The van der Waals surface area contributed by atoms with Crippen LogP contribution >= 0.6 is 0 Å². The summed E-state index contributed by atoms with van der Waals surface area (Å²) in [6, 6.07) is 17.0. The van der Waals surface area contributed by atoms with E-state index in [4.69, 9.17) is 0 Å². The van der Waals surface area contributed by atoms with Crippen molar-refractivity contribution >= 4 is 29.1 Å². The van der Waals surface area contributed by atoms with Gasteiger partial charge < -0.3 is 20.5 Å². The molecule has 1 aliphatic rings. The van der Waals surface area contributed by atoms with Crippen LogP contribution in [0.1, 0.15) is 16.8 Å². The van der Waals surface area contributed by atoms with E-state index < -0.39 is 11.9 Å². The molecule has 140 valence electrons. The number of nitrogens with one attached hydrogen (secondary N) is 3. The van der Waals surface area contributed by atoms with E-state index in [1.165, 1.54) is 0 Å². The quantitative estimate of drug-likeness (QED) is 0.655. The minimum absolute atomic E-state index is 0.167. The molecule has 3 N–H and O–H groups in total. The van der Waals surface area contributed by atoms with Crippen LogP contribution in [0.25, 0.3) is 5.69 Å². The lowest BCUT2D eigenvalue weighted by Gasteiger charge is -2.15. The van der Waals surface area contributed by atoms with E-state index >= 15 is 0 Å². The number of para-hydroxylation sites is 1. The average molecular weight is 374 g/mol. The first kappa shape index (κ1) is 17.5. The largest absolute Gasteiger partial charge is 0.340 e. The fraction of sp³-hybridized carbons (Fsp3) is 0.0952. The summed E-state index contributed by atoms with van der Waals surface area (Å²) < 4.78 is 1.92. The summed E-state index contributed by atoms with van der Waals surface area (Å²) in [5.74, 6) is -1.17. The van der Waals surface area contributed by atoms with E-state index in [0.717, 1.165) is 5.69 Å². The molecule has 7 nitrogen and oxygen atoms in total. The van der Waals surface area contributed by atoms with Crippen LogP contribution in [0, 0.1) is 0 Å². The monoisotopic (exact) mass is 374 g/mol. The smallest absolute Gasteiger partial charge is 0.254 e. The van der Waals surface area contributed by atoms with E-state index in [2.05, 4.69) is 16.0 Å². The fourth-order valence-electron chi connectivity index (χ4n) is 3.10. The molecule has 7 heteroatoms. The number of hydrogen-bond donors (Lipinski definition) is 3. The fourth-order valence-corrected chi connectivity index (χ4v) is 3.10. The molecule has 4 rings (SSSR count). The van der Waals surface area contributed by atoms with Crippen molar-refractivity contribution in [3.8, 4) is 5.69 Å². The van der Waals surface area contributed by atoms with Crippen molar-refractivity contribution in [2.75, 3.05) is 10.6 Å². The van der Waals surface area contributed by atoms with Crippen molar-refractivity contribution in [1.29, 1.82) is 0 Å². The van der Waals surface area contributed by atoms with Gasteiger partial charge in [-0.05, 0) is 42.5 Å². The SMILES string of the molecule is O=C(C[C@@H]1NC(=O)c2ccccc2NC1=O)Nc1cccc(-n2cccc2)c1. The highest BCUT2D eigenvalue weighted by molar-refractivity contribution is 6.11. The van der Waals surface area contributed by atoms with Crippen LogP contribution in [0.5, 0.6) is 0 Å². The van der Waals surface area contributed by atoms with Crippen molar-refractivity contribution in [1.82, 2.24) is 9.88 Å². The van der Waals surface area contributed by atoms with E-state index in [1.807, 2.05) is 47.3 Å². The van der Waals surface area contributed by atoms with Gasteiger partial charge in [0.25, 0.3) is 5.91 Å². The lowest BCUT2D eigenvalue weighted by atomic mass is 10.1. The summed E-state index contributed by atoms with van der Waals surface area (Å²) in [6.45, 7) is 0. The molecular weight excluding hydrogens is 356 g/mol. The van der Waals surface area contributed by atoms with Gasteiger partial charge in [0, 0.05) is 23.8 Å². The van der Waals surface area contributed by atoms with Crippen LogP contribution in [0.2, 0.25) is 0 Å². The lowest BCUT2D eigenvalue weighted by Crippen LogP contribution is -2.43. The molecule has 1 aromatic heterocycles. The molecule has 0 saturated heterocycles. The third-order valence-electron chi connectivity index (χ3n) is 4.47. The molecule has 0 unspecified atom stereocenters. The number of nitrogens with zero attached hydrogens (tertiary/aromatic N) is 1. The number of carbonyl (C=O) groups excluding carboxylic acids is 3. The molecule has 1 atom stereocenters. The number of anilines is 2. The first-order valence-electron chi connectivity index (χ1n) is 8.84. The van der Waals surface area contributed by atoms with Gasteiger partial charge in [-0.1, -0.05) is 18.2 Å². The molecule has 0 spiro atoms. The van der Waals surface area contributed by atoms with Gasteiger partial charge in [-0.2, -0.15) is 0 Å². The van der Waals surface area contributed by atoms with E-state index in [-0.39, 0.29) is 18.2 Å². The third-order valence-corrected chi connectivity index (χ3v) is 4.47. The minimum Gasteiger partial charge on any atom is -0.340 e. The number of aromatic nitrogens is 1. The van der Waals surface area contributed by atoms with Crippen LogP contribution in [0.4, 0.5) is 11.4 Å². The Balaban J connectivity index is 1.45. The van der Waals surface area contributed by atoms with E-state index in [1.54, 1.807) is 30.3 Å². The molecular formula is C21H18N4O3. The van der Waals surface area contributed by atoms with Gasteiger partial charge in [-0.25, -0.2) is 0 Å². The highest BCUT2D eigenvalue weighted by atomic mass is 16.2. The molecule has 1 aliphatic heterocycles. The van der Waals surface area contributed by atoms with Gasteiger partial charge in [0.1, 0.15) is 6.04 Å². The molecule has 0 fully saturated rings. The second-order valence-corrected chi connectivity index (χ2v) is 6.45. The van der Waals surface area contributed by atoms with Gasteiger partial charge in [0.2, 0.25) is 11.8 Å². The average Bonchev–Trinajstić information content (AvgIpc) is 3.19. The maximum Gasteiger partial charge on any atom is 0.254 e. The standard InChI is InChI=1S/C21H18N4O3/c26-19(22-14-6-5-7-15(12-14)25-10-3-4-11-25)13-18-21(28)23-17-9-2-1-8-16(17)20(27)24-18/h1-12,18H,13H2,(H,22,26)(H,23,28)(H,24,27)/t18-/m0/s1. The van der Waals surface area contributed by atoms with Gasteiger partial charge in [-0.3, -0.25) is 14.4 Å². The normalized spacial score (nSPS) is 15.8. The van der Waals surface area contributed by atoms with Crippen molar-refractivity contribution in [2.45, 2.75) is 12.5 Å². The highest BCUT2D eigenvalue weighted by Crippen LogP contribution is 2.19. The number of amides is 3. The van der Waals surface area contributed by atoms with Crippen LogP contribution in [0.3, 0.4) is 0 Å². The zero-order valence-electron chi connectivity index (χ0n) is 14.9. The number of rotatable bonds is 4. The van der Waals surface area contributed by atoms with Crippen LogP contribution in [-0.4, -0.2) is 28.3 Å². The molecule has 0 radical (unpaired) electrons. The summed E-state index contributed by atoms with van der Waals surface area (Å²) in [6.07, 6.45) is 3.65. The topological polar surface area (TPSA) is 92.2 Å². The van der Waals surface area contributed by atoms with Crippen LogP contribution in [-0.2, 0) is 9.59 Å². The summed E-state index contributed by atoms with van der Waals surface area (Å²) >= 11 is 0. The Hall–Kier alpha value is -3.87. The second kappa shape index (κ2) is 7.40. The van der Waals surface area contributed by atoms with Crippen molar-refractivity contribution in [3.05, 3.63) is 78.6 Å². The van der Waals surface area contributed by atoms with Crippen LogP contribution in [0.15, 0.2) is 73.1 Å². The Morgan fingerprint density at radius 3 is 2.61 bits per heavy atom. The molecule has 0 saturated carbocycles. The first-order valence-corrected chi connectivity index (χ1v) is 8.84. The lowest BCUT2D eigenvalue weighted by molar-refractivity contribution is -0.122. The zero-order valence-corrected chi connectivity index (χ0v) is 14.9. The Morgan fingerprint density at radius 1 is 1.00 bits per heavy atom. The number of fused-ring (bicyclic) bond motifs is 1. The molecule has 0 bridgehead atoms. The Morgan fingerprint density at radius 2 is 1.79 bits per heavy atom. The summed E-state index contributed by atoms with van der Waals surface area (Å²) in [4.78, 5) is 37.2. The molecule has 2 heterocycles. The Labute approximate surface area is 161 Å². The highest BCUT2D eigenvalue weighted by Gasteiger charge is 2.29. The number of benzene rings is 2. The van der Waals surface area contributed by atoms with Crippen molar-refractivity contribution < 1.29 is 14.4 Å². The molecule has 28 heavy (non-hydrogen) atoms. The van der Waals surface area contributed by atoms with E-state index in [9.17, 15) is 14.4 Å². The minimum atomic E-state index is -0.951. The zero-order chi connectivity index (χ0) is 19.5. The Bertz CT molecular complexity index is 1040. The molecule has 2 aromatic carbocycles. The first-order chi connectivity index (χ1) is 13.6. The van der Waals surface area contributed by atoms with Crippen molar-refractivity contribution in [2.24, 2.45) is 0 Å². The van der Waals surface area contributed by atoms with Gasteiger partial charge in [-0.15, -0.1) is 0 Å². The van der Waals surface area contributed by atoms with E-state index in [0.29, 0.717) is 16.9 Å². The predicted octanol–water partition coefficient (Wildman–Crippen LogP) is 2.56. The predicted molar refractivity (Wildman–Crippen MR) is 105 cm³/mol. The second-order valence-electron chi connectivity index (χ2n) is 6.45. The summed E-state index contributed by atoms with van der Waals surface area (Å²) in [5, 5.41) is 8.10. The number of hydrogen-bond acceptors (Lipinski definition) is 3. The Kier molecular flexibility index (Phi) is 4.63. The van der Waals surface area contributed by atoms with Gasteiger partial charge >= 0.3 is 0 Å². The van der Waals surface area contributed by atoms with Gasteiger partial charge in [0.15, 0.2) is 0 Å². The summed E-state index contributed by atoms with van der Waals surface area (Å²) in [7, 11) is 0. The van der Waals surface area contributed by atoms with Crippen molar-refractivity contribution in [3.63, 3.8) is 0 Å². The maximum absolute atomic E-state index is 12.5. The van der Waals surface area contributed by atoms with Crippen LogP contribution < -0.4 is 16.0 Å².